The van der Waals surface area contributed by atoms with Crippen molar-refractivity contribution in [3.05, 3.63) is 33.8 Å². The number of hydrogen-bond donors (Lipinski definition) is 2. The smallest absolute Gasteiger partial charge is 0.254 e. The van der Waals surface area contributed by atoms with Crippen LogP contribution in [-0.2, 0) is 0 Å². The molecule has 0 unspecified atom stereocenters. The summed E-state index contributed by atoms with van der Waals surface area (Å²) in [5.74, 6) is -0.0777. The first kappa shape index (κ1) is 13.7. The minimum atomic E-state index is -0.858. The molecule has 18 heavy (non-hydrogen) atoms. The summed E-state index contributed by atoms with van der Waals surface area (Å²) < 4.78 is 0. The molecule has 3 nitrogen and oxygen atoms in total. The Balaban J connectivity index is 2.04. The molecule has 0 saturated heterocycles. The zero-order chi connectivity index (χ0) is 13.3. The Morgan fingerprint density at radius 1 is 1.44 bits per heavy atom. The average molecular weight is 288 g/mol. The fourth-order valence-corrected chi connectivity index (χ4v) is 2.48. The van der Waals surface area contributed by atoms with Gasteiger partial charge in [0.05, 0.1) is 21.2 Å². The molecule has 2 rings (SSSR count). The lowest BCUT2D eigenvalue weighted by molar-refractivity contribution is 0.0354. The Morgan fingerprint density at radius 3 is 2.50 bits per heavy atom. The van der Waals surface area contributed by atoms with Crippen molar-refractivity contribution < 1.29 is 9.90 Å². The van der Waals surface area contributed by atoms with Gasteiger partial charge in [0.2, 0.25) is 0 Å². The van der Waals surface area contributed by atoms with Gasteiger partial charge < -0.3 is 10.4 Å². The zero-order valence-electron chi connectivity index (χ0n) is 10.0. The number of carbonyl (C=O) groups is 1. The van der Waals surface area contributed by atoms with Crippen LogP contribution in [-0.4, -0.2) is 23.2 Å². The second-order valence-corrected chi connectivity index (χ2v) is 5.73. The van der Waals surface area contributed by atoms with Crippen LogP contribution >= 0.6 is 23.2 Å². The number of rotatable bonds is 4. The average Bonchev–Trinajstić information content (AvgIpc) is 3.10. The molecule has 1 aliphatic carbocycles. The number of aliphatic hydroxyl groups is 1. The first-order valence-corrected chi connectivity index (χ1v) is 6.62. The maximum Gasteiger partial charge on any atom is 0.254 e. The lowest BCUT2D eigenvalue weighted by atomic mass is 10.0. The van der Waals surface area contributed by atoms with Gasteiger partial charge in [0.25, 0.3) is 5.91 Å². The van der Waals surface area contributed by atoms with Crippen molar-refractivity contribution in [3.8, 4) is 0 Å². The van der Waals surface area contributed by atoms with Crippen LogP contribution in [0.3, 0.4) is 0 Å². The highest BCUT2D eigenvalue weighted by Gasteiger charge is 2.40. The molecule has 1 aromatic carbocycles. The van der Waals surface area contributed by atoms with Gasteiger partial charge in [-0.15, -0.1) is 0 Å². The molecule has 2 N–H and O–H groups in total. The van der Waals surface area contributed by atoms with E-state index >= 15 is 0 Å². The quantitative estimate of drug-likeness (QED) is 0.895. The Hall–Kier alpha value is -0.770. The van der Waals surface area contributed by atoms with Gasteiger partial charge in [0.15, 0.2) is 0 Å². The van der Waals surface area contributed by atoms with Gasteiger partial charge in [0, 0.05) is 6.54 Å². The summed E-state index contributed by atoms with van der Waals surface area (Å²) in [6, 6.07) is 4.91. The lowest BCUT2D eigenvalue weighted by Crippen LogP contribution is -2.42. The summed E-state index contributed by atoms with van der Waals surface area (Å²) >= 11 is 11.9. The normalized spacial score (nSPS) is 18.2. The third-order valence-electron chi connectivity index (χ3n) is 3.25. The number of carbonyl (C=O) groups excluding carboxylic acids is 1. The highest BCUT2D eigenvalue weighted by atomic mass is 35.5. The third kappa shape index (κ3) is 2.97. The highest BCUT2D eigenvalue weighted by Crippen LogP contribution is 2.39. The topological polar surface area (TPSA) is 49.3 Å². The highest BCUT2D eigenvalue weighted by molar-refractivity contribution is 6.39. The predicted octanol–water partition coefficient (Wildman–Crippen LogP) is 2.88. The van der Waals surface area contributed by atoms with Crippen LogP contribution < -0.4 is 5.32 Å². The molecule has 0 heterocycles. The molecule has 0 aliphatic heterocycles. The first-order valence-electron chi connectivity index (χ1n) is 5.86. The molecule has 5 heteroatoms. The lowest BCUT2D eigenvalue weighted by Gasteiger charge is -2.23. The Bertz CT molecular complexity index is 450. The SMILES string of the molecule is C[C@](O)(CNC(=O)c1c(Cl)cccc1Cl)C1CC1. The van der Waals surface area contributed by atoms with E-state index in [1.54, 1.807) is 25.1 Å². The van der Waals surface area contributed by atoms with E-state index in [0.717, 1.165) is 12.8 Å². The molecule has 0 aromatic heterocycles. The van der Waals surface area contributed by atoms with Crippen molar-refractivity contribution in [1.82, 2.24) is 5.32 Å². The van der Waals surface area contributed by atoms with E-state index in [2.05, 4.69) is 5.32 Å². The maximum absolute atomic E-state index is 12.0. The van der Waals surface area contributed by atoms with Crippen LogP contribution in [0.2, 0.25) is 10.0 Å². The third-order valence-corrected chi connectivity index (χ3v) is 3.88. The standard InChI is InChI=1S/C13H15Cl2NO2/c1-13(18,8-5-6-8)7-16-12(17)11-9(14)3-2-4-10(11)15/h2-4,8,18H,5-7H2,1H3,(H,16,17)/t13-/m0/s1. The molecule has 1 aliphatic rings. The predicted molar refractivity (Wildman–Crippen MR) is 72.1 cm³/mol. The summed E-state index contributed by atoms with van der Waals surface area (Å²) in [5.41, 5.74) is -0.601. The fourth-order valence-electron chi connectivity index (χ4n) is 1.91. The maximum atomic E-state index is 12.0. The van der Waals surface area contributed by atoms with Crippen LogP contribution in [0.15, 0.2) is 18.2 Å². The van der Waals surface area contributed by atoms with E-state index in [1.807, 2.05) is 0 Å². The molecule has 0 spiro atoms. The van der Waals surface area contributed by atoms with E-state index in [0.29, 0.717) is 10.0 Å². The molecule has 1 saturated carbocycles. The molecule has 1 fully saturated rings. The van der Waals surface area contributed by atoms with E-state index < -0.39 is 5.60 Å². The summed E-state index contributed by atoms with van der Waals surface area (Å²) in [7, 11) is 0. The molecular formula is C13H15Cl2NO2. The van der Waals surface area contributed by atoms with Crippen molar-refractivity contribution in [3.63, 3.8) is 0 Å². The Morgan fingerprint density at radius 2 is 2.00 bits per heavy atom. The van der Waals surface area contributed by atoms with Crippen LogP contribution in [0.4, 0.5) is 0 Å². The number of nitrogens with one attached hydrogen (secondary N) is 1. The van der Waals surface area contributed by atoms with Crippen LogP contribution in [0, 0.1) is 5.92 Å². The van der Waals surface area contributed by atoms with Crippen LogP contribution in [0.5, 0.6) is 0 Å². The minimum absolute atomic E-state index is 0.206. The number of halogens is 2. The Labute approximate surface area is 116 Å². The number of benzene rings is 1. The van der Waals surface area contributed by atoms with E-state index in [-0.39, 0.29) is 23.9 Å². The van der Waals surface area contributed by atoms with Crippen molar-refractivity contribution in [2.75, 3.05) is 6.54 Å². The van der Waals surface area contributed by atoms with Gasteiger partial charge in [-0.1, -0.05) is 29.3 Å². The summed E-state index contributed by atoms with van der Waals surface area (Å²) in [4.78, 5) is 12.0. The molecule has 1 amide bonds. The van der Waals surface area contributed by atoms with Gasteiger partial charge >= 0.3 is 0 Å². The van der Waals surface area contributed by atoms with Crippen molar-refractivity contribution >= 4 is 29.1 Å². The van der Waals surface area contributed by atoms with Crippen LogP contribution in [0.25, 0.3) is 0 Å². The van der Waals surface area contributed by atoms with Crippen LogP contribution in [0.1, 0.15) is 30.1 Å². The number of amides is 1. The molecule has 0 radical (unpaired) electrons. The van der Waals surface area contributed by atoms with Crippen molar-refractivity contribution in [2.24, 2.45) is 5.92 Å². The minimum Gasteiger partial charge on any atom is -0.388 e. The van der Waals surface area contributed by atoms with Crippen molar-refractivity contribution in [2.45, 2.75) is 25.4 Å². The van der Waals surface area contributed by atoms with E-state index in [4.69, 9.17) is 23.2 Å². The summed E-state index contributed by atoms with van der Waals surface area (Å²) in [6.07, 6.45) is 2.02. The zero-order valence-corrected chi connectivity index (χ0v) is 11.6. The van der Waals surface area contributed by atoms with Gasteiger partial charge in [-0.05, 0) is 37.8 Å². The molecular weight excluding hydrogens is 273 g/mol. The summed E-state index contributed by atoms with van der Waals surface area (Å²) in [6.45, 7) is 1.94. The van der Waals surface area contributed by atoms with Gasteiger partial charge in [-0.2, -0.15) is 0 Å². The molecule has 98 valence electrons. The largest absolute Gasteiger partial charge is 0.388 e. The van der Waals surface area contributed by atoms with Crippen molar-refractivity contribution in [1.29, 1.82) is 0 Å². The van der Waals surface area contributed by atoms with Gasteiger partial charge in [0.1, 0.15) is 0 Å². The summed E-state index contributed by atoms with van der Waals surface area (Å²) in [5, 5.41) is 13.4. The molecule has 1 atom stereocenters. The second kappa shape index (κ2) is 5.08. The fraction of sp³-hybridized carbons (Fsp3) is 0.462. The first-order chi connectivity index (χ1) is 8.42. The monoisotopic (exact) mass is 287 g/mol. The molecule has 0 bridgehead atoms. The Kier molecular flexibility index (Phi) is 3.85. The van der Waals surface area contributed by atoms with Gasteiger partial charge in [-0.25, -0.2) is 0 Å². The number of hydrogen-bond acceptors (Lipinski definition) is 2. The van der Waals surface area contributed by atoms with E-state index in [1.165, 1.54) is 0 Å². The van der Waals surface area contributed by atoms with E-state index in [9.17, 15) is 9.90 Å². The second-order valence-electron chi connectivity index (χ2n) is 4.91. The molecule has 1 aromatic rings. The van der Waals surface area contributed by atoms with Gasteiger partial charge in [-0.3, -0.25) is 4.79 Å².